The summed E-state index contributed by atoms with van der Waals surface area (Å²) in [6.07, 6.45) is 4.59. The molecule has 0 unspecified atom stereocenters. The number of likely N-dealkylation sites (tertiary alicyclic amines) is 1. The maximum absolute atomic E-state index is 11.4. The monoisotopic (exact) mass is 242 g/mol. The van der Waals surface area contributed by atoms with Crippen molar-refractivity contribution in [1.82, 2.24) is 10.2 Å². The molecule has 98 valence electrons. The second-order valence-corrected chi connectivity index (χ2v) is 5.07. The molecule has 5 heteroatoms. The second-order valence-electron chi connectivity index (χ2n) is 5.07. The van der Waals surface area contributed by atoms with E-state index >= 15 is 0 Å². The van der Waals surface area contributed by atoms with Gasteiger partial charge >= 0.3 is 0 Å². The first-order valence-electron chi connectivity index (χ1n) is 6.41. The molecule has 2 aliphatic rings. The molecule has 1 saturated carbocycles. The molecule has 2 rings (SSSR count). The summed E-state index contributed by atoms with van der Waals surface area (Å²) >= 11 is 0. The van der Waals surface area contributed by atoms with Crippen LogP contribution in [0.15, 0.2) is 0 Å². The minimum atomic E-state index is -0.448. The average Bonchev–Trinajstić information content (AvgIpc) is 2.89. The van der Waals surface area contributed by atoms with Crippen LogP contribution in [-0.4, -0.2) is 60.9 Å². The summed E-state index contributed by atoms with van der Waals surface area (Å²) < 4.78 is 4.77. The Hall–Kier alpha value is -0.650. The van der Waals surface area contributed by atoms with Crippen LogP contribution in [0.1, 0.15) is 25.7 Å². The van der Waals surface area contributed by atoms with Crippen LogP contribution in [0.4, 0.5) is 0 Å². The number of hydrogen-bond acceptors (Lipinski definition) is 4. The number of ether oxygens (including phenoxy) is 1. The van der Waals surface area contributed by atoms with Crippen LogP contribution in [0, 0.1) is 0 Å². The standard InChI is InChI=1S/C12H22N2O3/c1-17-8-12(16)13-10-6-14(7-11(10)15)9-4-2-3-5-9/h9-11,15H,2-8H2,1H3,(H,13,16)/t10-,11-/m1/s1. The summed E-state index contributed by atoms with van der Waals surface area (Å²) in [6, 6.07) is 0.465. The van der Waals surface area contributed by atoms with E-state index in [1.165, 1.54) is 32.8 Å². The number of nitrogens with one attached hydrogen (secondary N) is 1. The number of methoxy groups -OCH3 is 1. The molecule has 1 saturated heterocycles. The third-order valence-electron chi connectivity index (χ3n) is 3.78. The van der Waals surface area contributed by atoms with E-state index in [1.54, 1.807) is 0 Å². The van der Waals surface area contributed by atoms with Gasteiger partial charge in [0, 0.05) is 26.2 Å². The number of carbonyl (C=O) groups excluding carboxylic acids is 1. The molecule has 2 N–H and O–H groups in total. The highest BCUT2D eigenvalue weighted by Crippen LogP contribution is 2.26. The molecule has 0 bridgehead atoms. The summed E-state index contributed by atoms with van der Waals surface area (Å²) in [7, 11) is 1.50. The zero-order chi connectivity index (χ0) is 12.3. The molecule has 1 amide bonds. The van der Waals surface area contributed by atoms with Crippen LogP contribution in [0.25, 0.3) is 0 Å². The lowest BCUT2D eigenvalue weighted by molar-refractivity contribution is -0.125. The Labute approximate surface area is 102 Å². The fourth-order valence-corrected chi connectivity index (χ4v) is 2.91. The largest absolute Gasteiger partial charge is 0.390 e. The predicted octanol–water partition coefficient (Wildman–Crippen LogP) is -0.263. The Balaban J connectivity index is 1.82. The smallest absolute Gasteiger partial charge is 0.246 e. The van der Waals surface area contributed by atoms with Crippen molar-refractivity contribution in [2.24, 2.45) is 0 Å². The fraction of sp³-hybridized carbons (Fsp3) is 0.917. The lowest BCUT2D eigenvalue weighted by Gasteiger charge is -2.23. The quantitative estimate of drug-likeness (QED) is 0.713. The van der Waals surface area contributed by atoms with Crippen LogP contribution < -0.4 is 5.32 Å². The van der Waals surface area contributed by atoms with Gasteiger partial charge in [-0.15, -0.1) is 0 Å². The van der Waals surface area contributed by atoms with Gasteiger partial charge in [0.05, 0.1) is 12.1 Å². The number of hydrogen-bond donors (Lipinski definition) is 2. The van der Waals surface area contributed by atoms with Crippen molar-refractivity contribution >= 4 is 5.91 Å². The van der Waals surface area contributed by atoms with Crippen LogP contribution in [0.5, 0.6) is 0 Å². The van der Waals surface area contributed by atoms with Gasteiger partial charge < -0.3 is 15.2 Å². The fourth-order valence-electron chi connectivity index (χ4n) is 2.91. The molecule has 0 aromatic carbocycles. The Morgan fingerprint density at radius 3 is 2.76 bits per heavy atom. The van der Waals surface area contributed by atoms with E-state index < -0.39 is 6.10 Å². The SMILES string of the molecule is COCC(=O)N[C@@H]1CN(C2CCCC2)C[C@H]1O. The van der Waals surface area contributed by atoms with Crippen molar-refractivity contribution in [3.05, 3.63) is 0 Å². The van der Waals surface area contributed by atoms with E-state index in [4.69, 9.17) is 4.74 Å². The Morgan fingerprint density at radius 2 is 2.12 bits per heavy atom. The topological polar surface area (TPSA) is 61.8 Å². The van der Waals surface area contributed by atoms with Crippen LogP contribution >= 0.6 is 0 Å². The molecule has 0 radical (unpaired) electrons. The molecular formula is C12H22N2O3. The highest BCUT2D eigenvalue weighted by molar-refractivity contribution is 5.77. The van der Waals surface area contributed by atoms with Crippen molar-refractivity contribution in [3.8, 4) is 0 Å². The van der Waals surface area contributed by atoms with E-state index in [-0.39, 0.29) is 18.6 Å². The minimum Gasteiger partial charge on any atom is -0.390 e. The Bertz CT molecular complexity index is 266. The molecular weight excluding hydrogens is 220 g/mol. The molecule has 0 spiro atoms. The minimum absolute atomic E-state index is 0.0622. The molecule has 1 heterocycles. The van der Waals surface area contributed by atoms with Gasteiger partial charge in [-0.25, -0.2) is 0 Å². The first-order valence-corrected chi connectivity index (χ1v) is 6.41. The number of rotatable bonds is 4. The predicted molar refractivity (Wildman–Crippen MR) is 63.6 cm³/mol. The lowest BCUT2D eigenvalue weighted by atomic mass is 10.2. The summed E-state index contributed by atoms with van der Waals surface area (Å²) in [5, 5.41) is 12.8. The first kappa shape index (κ1) is 12.8. The highest BCUT2D eigenvalue weighted by Gasteiger charge is 2.36. The number of aliphatic hydroxyl groups is 1. The third-order valence-corrected chi connectivity index (χ3v) is 3.78. The molecule has 2 atom stereocenters. The maximum atomic E-state index is 11.4. The molecule has 0 aromatic heterocycles. The van der Waals surface area contributed by atoms with Crippen molar-refractivity contribution in [1.29, 1.82) is 0 Å². The first-order chi connectivity index (χ1) is 8.20. The number of nitrogens with zero attached hydrogens (tertiary/aromatic N) is 1. The summed E-state index contributed by atoms with van der Waals surface area (Å²) in [4.78, 5) is 13.7. The van der Waals surface area contributed by atoms with Crippen LogP contribution in [0.3, 0.4) is 0 Å². The average molecular weight is 242 g/mol. The summed E-state index contributed by atoms with van der Waals surface area (Å²) in [6.45, 7) is 1.51. The van der Waals surface area contributed by atoms with E-state index in [2.05, 4.69) is 10.2 Å². The normalized spacial score (nSPS) is 30.9. The van der Waals surface area contributed by atoms with E-state index in [0.717, 1.165) is 6.54 Å². The highest BCUT2D eigenvalue weighted by atomic mass is 16.5. The van der Waals surface area contributed by atoms with Crippen molar-refractivity contribution in [2.45, 2.75) is 43.9 Å². The third kappa shape index (κ3) is 3.18. The lowest BCUT2D eigenvalue weighted by Crippen LogP contribution is -2.44. The second kappa shape index (κ2) is 5.80. The van der Waals surface area contributed by atoms with Gasteiger partial charge in [-0.05, 0) is 12.8 Å². The van der Waals surface area contributed by atoms with E-state index in [9.17, 15) is 9.90 Å². The van der Waals surface area contributed by atoms with Crippen LogP contribution in [-0.2, 0) is 9.53 Å². The molecule has 0 aromatic rings. The van der Waals surface area contributed by atoms with Crippen molar-refractivity contribution in [2.75, 3.05) is 26.8 Å². The number of carbonyl (C=O) groups is 1. The summed E-state index contributed by atoms with van der Waals surface area (Å²) in [5.74, 6) is -0.148. The molecule has 5 nitrogen and oxygen atoms in total. The van der Waals surface area contributed by atoms with Crippen molar-refractivity contribution in [3.63, 3.8) is 0 Å². The van der Waals surface area contributed by atoms with Crippen LogP contribution in [0.2, 0.25) is 0 Å². The van der Waals surface area contributed by atoms with Gasteiger partial charge in [-0.3, -0.25) is 9.69 Å². The number of aliphatic hydroxyl groups excluding tert-OH is 1. The van der Waals surface area contributed by atoms with Gasteiger partial charge in [-0.2, -0.15) is 0 Å². The molecule has 2 fully saturated rings. The van der Waals surface area contributed by atoms with Gasteiger partial charge in [0.2, 0.25) is 5.91 Å². The van der Waals surface area contributed by atoms with Gasteiger partial charge in [-0.1, -0.05) is 12.8 Å². The number of amides is 1. The molecule has 1 aliphatic heterocycles. The van der Waals surface area contributed by atoms with E-state index in [0.29, 0.717) is 12.6 Å². The van der Waals surface area contributed by atoms with E-state index in [1.807, 2.05) is 0 Å². The van der Waals surface area contributed by atoms with Crippen molar-refractivity contribution < 1.29 is 14.6 Å². The van der Waals surface area contributed by atoms with Gasteiger partial charge in [0.25, 0.3) is 0 Å². The Morgan fingerprint density at radius 1 is 1.41 bits per heavy atom. The number of β-amino-alcohol motifs (C(OH)–C–C–N with tert-alkyl or cyclic N) is 1. The van der Waals surface area contributed by atoms with Gasteiger partial charge in [0.15, 0.2) is 0 Å². The zero-order valence-electron chi connectivity index (χ0n) is 10.4. The summed E-state index contributed by atoms with van der Waals surface area (Å²) in [5.41, 5.74) is 0. The zero-order valence-corrected chi connectivity index (χ0v) is 10.4. The Kier molecular flexibility index (Phi) is 4.36. The molecule has 17 heavy (non-hydrogen) atoms. The molecule has 1 aliphatic carbocycles. The van der Waals surface area contributed by atoms with Gasteiger partial charge in [0.1, 0.15) is 6.61 Å². The maximum Gasteiger partial charge on any atom is 0.246 e.